The third kappa shape index (κ3) is 5.35. The molecule has 198 valence electrons. The average molecular weight is 550 g/mol. The van der Waals surface area contributed by atoms with Gasteiger partial charge in [0.25, 0.3) is 0 Å². The number of benzene rings is 2. The zero-order valence-corrected chi connectivity index (χ0v) is 22.7. The monoisotopic (exact) mass is 549 g/mol. The summed E-state index contributed by atoms with van der Waals surface area (Å²) in [4.78, 5) is 11.9. The second kappa shape index (κ2) is 10.5. The molecule has 1 N–H and O–H groups in total. The fourth-order valence-corrected chi connectivity index (χ4v) is 6.04. The van der Waals surface area contributed by atoms with E-state index in [1.165, 1.54) is 12.1 Å². The van der Waals surface area contributed by atoms with Gasteiger partial charge in [-0.2, -0.15) is 5.26 Å². The summed E-state index contributed by atoms with van der Waals surface area (Å²) < 4.78 is 35.0. The molecule has 5 rings (SSSR count). The fourth-order valence-electron chi connectivity index (χ4n) is 5.69. The van der Waals surface area contributed by atoms with Crippen LogP contribution in [0.2, 0.25) is 10.0 Å². The average Bonchev–Trinajstić information content (AvgIpc) is 3.11. The first-order valence-electron chi connectivity index (χ1n) is 12.3. The summed E-state index contributed by atoms with van der Waals surface area (Å²) in [6.07, 6.45) is 1.52. The van der Waals surface area contributed by atoms with Gasteiger partial charge in [0.15, 0.2) is 0 Å². The van der Waals surface area contributed by atoms with Crippen LogP contribution < -0.4 is 5.32 Å². The zero-order chi connectivity index (χ0) is 27.0. The van der Waals surface area contributed by atoms with Crippen LogP contribution in [0.5, 0.6) is 0 Å². The Kier molecular flexibility index (Phi) is 7.88. The van der Waals surface area contributed by atoms with E-state index in [2.05, 4.69) is 32.2 Å². The van der Waals surface area contributed by atoms with Crippen molar-refractivity contribution >= 4 is 29.6 Å². The third-order valence-corrected chi connectivity index (χ3v) is 7.97. The Morgan fingerprint density at radius 1 is 1.22 bits per heavy atom. The molecule has 37 heavy (non-hydrogen) atoms. The van der Waals surface area contributed by atoms with Gasteiger partial charge in [-0.15, -0.1) is 0 Å². The van der Waals surface area contributed by atoms with E-state index >= 15 is 4.39 Å². The van der Waals surface area contributed by atoms with E-state index in [0.29, 0.717) is 23.9 Å². The summed E-state index contributed by atoms with van der Waals surface area (Å²) in [5.41, 5.74) is -0.492. The number of halogens is 4. The van der Waals surface area contributed by atoms with Gasteiger partial charge in [0.2, 0.25) is 6.41 Å². The maximum absolute atomic E-state index is 15.0. The number of rotatable bonds is 4. The maximum Gasteiger partial charge on any atom is 0.209 e. The predicted octanol–water partition coefficient (Wildman–Crippen LogP) is 5.70. The lowest BCUT2D eigenvalue weighted by molar-refractivity contribution is -0.188. The number of carbonyl (C=O) groups is 1. The number of likely N-dealkylation sites (tertiary alicyclic amines) is 1. The number of amides is 1. The molecule has 1 amide bonds. The van der Waals surface area contributed by atoms with Gasteiger partial charge in [-0.3, -0.25) is 4.79 Å². The molecule has 1 spiro atoms. The number of ether oxygens (including phenoxy) is 1. The van der Waals surface area contributed by atoms with E-state index in [1.54, 1.807) is 29.2 Å². The molecular formula is C28H31Cl2F2N3O2. The largest absolute Gasteiger partial charge is 0.380 e. The van der Waals surface area contributed by atoms with Crippen LogP contribution in [0.15, 0.2) is 36.4 Å². The minimum atomic E-state index is -1.30. The van der Waals surface area contributed by atoms with Crippen molar-refractivity contribution in [1.29, 1.82) is 5.26 Å². The molecule has 3 atom stereocenters. The lowest BCUT2D eigenvalue weighted by atomic mass is 9.64. The van der Waals surface area contributed by atoms with Crippen molar-refractivity contribution in [2.75, 3.05) is 32.8 Å². The smallest absolute Gasteiger partial charge is 0.209 e. The van der Waals surface area contributed by atoms with Crippen LogP contribution >= 0.6 is 23.2 Å². The van der Waals surface area contributed by atoms with E-state index in [9.17, 15) is 14.4 Å². The topological polar surface area (TPSA) is 65.4 Å². The highest BCUT2D eigenvalue weighted by molar-refractivity contribution is 6.31. The van der Waals surface area contributed by atoms with Crippen LogP contribution in [0.1, 0.15) is 44.2 Å². The second-order valence-corrected chi connectivity index (χ2v) is 12.4. The number of nitrogens with zero attached hydrogens (tertiary/aromatic N) is 2. The van der Waals surface area contributed by atoms with Crippen LogP contribution in [0.3, 0.4) is 0 Å². The Bertz CT molecular complexity index is 1200. The second-order valence-electron chi connectivity index (χ2n) is 11.5. The molecule has 0 radical (unpaired) electrons. The molecule has 3 aliphatic rings. The van der Waals surface area contributed by atoms with Gasteiger partial charge in [-0.1, -0.05) is 62.2 Å². The van der Waals surface area contributed by atoms with Crippen LogP contribution in [-0.2, 0) is 14.9 Å². The van der Waals surface area contributed by atoms with Crippen LogP contribution in [0, 0.1) is 33.8 Å². The van der Waals surface area contributed by atoms with Crippen molar-refractivity contribution in [3.63, 3.8) is 0 Å². The molecule has 5 nitrogen and oxygen atoms in total. The van der Waals surface area contributed by atoms with Crippen LogP contribution in [0.25, 0.3) is 0 Å². The van der Waals surface area contributed by atoms with Gasteiger partial charge in [-0.25, -0.2) is 8.78 Å². The van der Waals surface area contributed by atoms with Gasteiger partial charge in [0, 0.05) is 42.2 Å². The summed E-state index contributed by atoms with van der Waals surface area (Å²) in [5.74, 6) is -1.73. The molecular weight excluding hydrogens is 519 g/mol. The van der Waals surface area contributed by atoms with Gasteiger partial charge in [0.05, 0.1) is 29.7 Å². The van der Waals surface area contributed by atoms with E-state index in [0.717, 1.165) is 32.7 Å². The number of hydrogen-bond donors (Lipinski definition) is 1. The molecule has 3 saturated heterocycles. The van der Waals surface area contributed by atoms with Crippen LogP contribution in [-0.4, -0.2) is 50.2 Å². The molecule has 0 aromatic heterocycles. The number of carbonyl (C=O) groups excluding carboxylic acids is 1. The maximum atomic E-state index is 15.0. The summed E-state index contributed by atoms with van der Waals surface area (Å²) in [7, 11) is 0. The quantitative estimate of drug-likeness (QED) is 0.497. The summed E-state index contributed by atoms with van der Waals surface area (Å²) in [6, 6.07) is 11.0. The zero-order valence-electron chi connectivity index (χ0n) is 21.2. The molecule has 9 heteroatoms. The molecule has 3 heterocycles. The van der Waals surface area contributed by atoms with E-state index in [1.807, 2.05) is 0 Å². The minimum Gasteiger partial charge on any atom is -0.380 e. The molecule has 2 unspecified atom stereocenters. The Morgan fingerprint density at radius 2 is 1.92 bits per heavy atom. The van der Waals surface area contributed by atoms with Crippen molar-refractivity contribution < 1.29 is 18.3 Å². The van der Waals surface area contributed by atoms with E-state index in [-0.39, 0.29) is 27.1 Å². The molecule has 3 fully saturated rings. The predicted molar refractivity (Wildman–Crippen MR) is 140 cm³/mol. The lowest BCUT2D eigenvalue weighted by Crippen LogP contribution is -2.65. The van der Waals surface area contributed by atoms with Crippen molar-refractivity contribution in [2.45, 2.75) is 44.6 Å². The SMILES string of the molecule is CC(C)(C)CC1NCC(c2cccc(Cl)c2F)[C@@]1(C#N)c1ccc(Cl)cc1F.O=CN1CC2(COC2)C1. The van der Waals surface area contributed by atoms with E-state index in [4.69, 9.17) is 27.9 Å². The summed E-state index contributed by atoms with van der Waals surface area (Å²) in [5, 5.41) is 14.0. The third-order valence-electron chi connectivity index (χ3n) is 7.45. The minimum absolute atomic E-state index is 0.0137. The summed E-state index contributed by atoms with van der Waals surface area (Å²) in [6.45, 7) is 10.1. The molecule has 0 aliphatic carbocycles. The normalized spacial score (nSPS) is 25.9. The molecule has 0 saturated carbocycles. The first-order valence-corrected chi connectivity index (χ1v) is 13.0. The Balaban J connectivity index is 0.000000295. The van der Waals surface area contributed by atoms with Gasteiger partial charge in [0.1, 0.15) is 17.0 Å². The van der Waals surface area contributed by atoms with Gasteiger partial charge < -0.3 is 15.0 Å². The Hall–Kier alpha value is -2.24. The Labute approximate surface area is 226 Å². The summed E-state index contributed by atoms with van der Waals surface area (Å²) >= 11 is 11.9. The first-order chi connectivity index (χ1) is 17.4. The highest BCUT2D eigenvalue weighted by Gasteiger charge is 2.55. The van der Waals surface area contributed by atoms with Gasteiger partial charge >= 0.3 is 0 Å². The molecule has 0 bridgehead atoms. The van der Waals surface area contributed by atoms with Gasteiger partial charge in [-0.05, 0) is 35.6 Å². The highest BCUT2D eigenvalue weighted by Crippen LogP contribution is 2.50. The van der Waals surface area contributed by atoms with Crippen molar-refractivity contribution in [2.24, 2.45) is 10.8 Å². The molecule has 2 aromatic rings. The van der Waals surface area contributed by atoms with Crippen LogP contribution in [0.4, 0.5) is 8.78 Å². The number of hydrogen-bond acceptors (Lipinski definition) is 4. The lowest BCUT2D eigenvalue weighted by Gasteiger charge is -2.53. The fraction of sp³-hybridized carbons (Fsp3) is 0.500. The van der Waals surface area contributed by atoms with Crippen molar-refractivity contribution in [1.82, 2.24) is 10.2 Å². The number of nitrogens with one attached hydrogen (secondary N) is 1. The number of nitriles is 1. The molecule has 3 aliphatic heterocycles. The highest BCUT2D eigenvalue weighted by atomic mass is 35.5. The standard InChI is InChI=1S/C22H22Cl2F2N2.C6H9NO2/c1-21(2,3)10-19-22(12-27,15-8-7-13(23)9-18(15)25)16(11-28-19)14-5-4-6-17(24)20(14)26;8-5-7-1-6(2-7)3-9-4-6/h4-9,16,19,28H,10-11H2,1-3H3;5H,1-4H2/t16?,19?,22-;/m1./s1. The van der Waals surface area contributed by atoms with E-state index < -0.39 is 23.0 Å². The Morgan fingerprint density at radius 3 is 2.46 bits per heavy atom. The van der Waals surface area contributed by atoms with Crippen molar-refractivity contribution in [3.8, 4) is 6.07 Å². The first kappa shape index (κ1) is 27.8. The van der Waals surface area contributed by atoms with Crippen molar-refractivity contribution in [3.05, 3.63) is 69.2 Å². The molecule has 2 aromatic carbocycles.